The summed E-state index contributed by atoms with van der Waals surface area (Å²) in [5.41, 5.74) is 0. The number of hydrogen-bond donors (Lipinski definition) is 2. The van der Waals surface area contributed by atoms with Crippen molar-refractivity contribution in [2.75, 3.05) is 6.61 Å². The highest BCUT2D eigenvalue weighted by molar-refractivity contribution is 5.70. The topological polar surface area (TPSA) is 57.5 Å². The van der Waals surface area contributed by atoms with Crippen molar-refractivity contribution in [3.05, 3.63) is 0 Å². The van der Waals surface area contributed by atoms with Crippen LogP contribution in [0.15, 0.2) is 0 Å². The Labute approximate surface area is 58.7 Å². The molecule has 0 aliphatic heterocycles. The first-order valence-electron chi connectivity index (χ1n) is 2.55. The summed E-state index contributed by atoms with van der Waals surface area (Å²) < 4.78 is 0. The lowest BCUT2D eigenvalue weighted by molar-refractivity contribution is -0.135. The van der Waals surface area contributed by atoms with Crippen LogP contribution in [0.4, 0.5) is 0 Å². The molecule has 0 aromatic heterocycles. The van der Waals surface area contributed by atoms with Crippen molar-refractivity contribution < 1.29 is 15.0 Å². The Balaban J connectivity index is 3.60. The van der Waals surface area contributed by atoms with Gasteiger partial charge in [0.2, 0.25) is 0 Å². The fourth-order valence-electron chi connectivity index (χ4n) is 0.248. The van der Waals surface area contributed by atoms with Crippen LogP contribution in [0.3, 0.4) is 0 Å². The summed E-state index contributed by atoms with van der Waals surface area (Å²) in [5.74, 6) is 8.10. The van der Waals surface area contributed by atoms with Crippen LogP contribution in [0.5, 0.6) is 0 Å². The maximum Gasteiger partial charge on any atom is 0.315 e. The Hall–Kier alpha value is -1.45. The molecule has 0 bridgehead atoms. The number of hydrogen-bond acceptors (Lipinski definition) is 2. The van der Waals surface area contributed by atoms with Gasteiger partial charge in [-0.25, -0.2) is 0 Å². The lowest BCUT2D eigenvalue weighted by Gasteiger charge is -1.74. The molecule has 0 aliphatic rings. The number of rotatable bonds is 1. The zero-order valence-electron chi connectivity index (χ0n) is 5.22. The number of carboxylic acid groups (broad SMARTS) is 1. The third kappa shape index (κ3) is 6.55. The summed E-state index contributed by atoms with van der Waals surface area (Å²) in [6.45, 7) is -0.248. The molecule has 0 aromatic carbocycles. The second kappa shape index (κ2) is 5.68. The highest BCUT2D eigenvalue weighted by Gasteiger charge is 1.86. The molecule has 0 unspecified atom stereocenters. The van der Waals surface area contributed by atoms with E-state index in [9.17, 15) is 4.79 Å². The van der Waals surface area contributed by atoms with Crippen LogP contribution in [-0.4, -0.2) is 22.8 Å². The summed E-state index contributed by atoms with van der Waals surface area (Å²) in [4.78, 5) is 9.83. The van der Waals surface area contributed by atoms with Crippen molar-refractivity contribution >= 4 is 5.97 Å². The van der Waals surface area contributed by atoms with Crippen molar-refractivity contribution in [3.8, 4) is 23.7 Å². The molecule has 0 heterocycles. The van der Waals surface area contributed by atoms with Gasteiger partial charge in [-0.1, -0.05) is 11.8 Å². The molecule has 0 aromatic rings. The molecule has 0 saturated heterocycles. The van der Waals surface area contributed by atoms with Gasteiger partial charge in [0.15, 0.2) is 0 Å². The molecule has 0 fully saturated rings. The predicted molar refractivity (Wildman–Crippen MR) is 34.9 cm³/mol. The van der Waals surface area contributed by atoms with E-state index >= 15 is 0 Å². The maximum absolute atomic E-state index is 9.83. The van der Waals surface area contributed by atoms with E-state index in [-0.39, 0.29) is 13.0 Å². The minimum absolute atomic E-state index is 0.208. The molecule has 0 radical (unpaired) electrons. The molecule has 52 valence electrons. The van der Waals surface area contributed by atoms with Gasteiger partial charge in [0.25, 0.3) is 0 Å². The lowest BCUT2D eigenvalue weighted by Crippen LogP contribution is -1.89. The normalized spacial score (nSPS) is 6.50. The molecule has 3 nitrogen and oxygen atoms in total. The van der Waals surface area contributed by atoms with Crippen molar-refractivity contribution in [2.45, 2.75) is 6.42 Å². The summed E-state index contributed by atoms with van der Waals surface area (Å²) in [5, 5.41) is 16.2. The van der Waals surface area contributed by atoms with E-state index in [1.165, 1.54) is 0 Å². The average molecular weight is 138 g/mol. The summed E-state index contributed by atoms with van der Waals surface area (Å²) in [6, 6.07) is 0. The smallest absolute Gasteiger partial charge is 0.315 e. The Morgan fingerprint density at radius 1 is 1.30 bits per heavy atom. The highest BCUT2D eigenvalue weighted by Crippen LogP contribution is 1.71. The largest absolute Gasteiger partial charge is 0.481 e. The van der Waals surface area contributed by atoms with Gasteiger partial charge in [-0.15, -0.1) is 0 Å². The van der Waals surface area contributed by atoms with Crippen LogP contribution in [0, 0.1) is 23.7 Å². The van der Waals surface area contributed by atoms with Gasteiger partial charge < -0.3 is 10.2 Å². The Bertz CT molecular complexity index is 221. The second-order valence-electron chi connectivity index (χ2n) is 1.33. The molecule has 10 heavy (non-hydrogen) atoms. The number of aliphatic hydroxyl groups excluding tert-OH is 1. The summed E-state index contributed by atoms with van der Waals surface area (Å²) >= 11 is 0. The van der Waals surface area contributed by atoms with E-state index in [1.807, 2.05) is 0 Å². The van der Waals surface area contributed by atoms with Gasteiger partial charge in [0.05, 0.1) is 0 Å². The Morgan fingerprint density at radius 2 is 1.90 bits per heavy atom. The fourth-order valence-corrected chi connectivity index (χ4v) is 0.248. The van der Waals surface area contributed by atoms with Crippen molar-refractivity contribution in [2.24, 2.45) is 0 Å². The zero-order valence-corrected chi connectivity index (χ0v) is 5.22. The zero-order chi connectivity index (χ0) is 7.82. The van der Waals surface area contributed by atoms with Crippen LogP contribution >= 0.6 is 0 Å². The fraction of sp³-hybridized carbons (Fsp3) is 0.286. The van der Waals surface area contributed by atoms with E-state index in [0.717, 1.165) is 0 Å². The monoisotopic (exact) mass is 138 g/mol. The third-order valence-corrected chi connectivity index (χ3v) is 0.558. The standard InChI is InChI=1S/C7H6O3/c8-6-4-2-1-3-5-7(9)10/h8H,5-6H2,(H,9,10). The van der Waals surface area contributed by atoms with E-state index < -0.39 is 5.97 Å². The maximum atomic E-state index is 9.83. The highest BCUT2D eigenvalue weighted by atomic mass is 16.4. The molecule has 0 spiro atoms. The third-order valence-electron chi connectivity index (χ3n) is 0.558. The number of carboxylic acids is 1. The number of aliphatic carboxylic acids is 1. The van der Waals surface area contributed by atoms with E-state index in [1.54, 1.807) is 0 Å². The molecule has 0 aliphatic carbocycles. The minimum Gasteiger partial charge on any atom is -0.481 e. The van der Waals surface area contributed by atoms with Gasteiger partial charge in [-0.05, 0) is 11.8 Å². The molecular formula is C7H6O3. The molecular weight excluding hydrogens is 132 g/mol. The van der Waals surface area contributed by atoms with Crippen molar-refractivity contribution in [3.63, 3.8) is 0 Å². The lowest BCUT2D eigenvalue weighted by atomic mass is 10.4. The van der Waals surface area contributed by atoms with Crippen molar-refractivity contribution in [1.82, 2.24) is 0 Å². The summed E-state index contributed by atoms with van der Waals surface area (Å²) in [6.07, 6.45) is -0.208. The average Bonchev–Trinajstić information content (AvgIpc) is 1.87. The number of carbonyl (C=O) groups is 1. The SMILES string of the molecule is O=C(O)CC#CC#CCO. The van der Waals surface area contributed by atoms with Gasteiger partial charge in [-0.3, -0.25) is 4.79 Å². The second-order valence-corrected chi connectivity index (χ2v) is 1.33. The quantitative estimate of drug-likeness (QED) is 0.478. The molecule has 2 N–H and O–H groups in total. The first-order valence-corrected chi connectivity index (χ1v) is 2.55. The van der Waals surface area contributed by atoms with Crippen LogP contribution in [0.25, 0.3) is 0 Å². The number of aliphatic hydroxyl groups is 1. The Kier molecular flexibility index (Phi) is 4.86. The molecule has 0 saturated carbocycles. The van der Waals surface area contributed by atoms with Crippen molar-refractivity contribution in [1.29, 1.82) is 0 Å². The minimum atomic E-state index is -0.974. The first kappa shape index (κ1) is 8.55. The van der Waals surface area contributed by atoms with E-state index in [0.29, 0.717) is 0 Å². The predicted octanol–water partition coefficient (Wildman–Crippen LogP) is -0.540. The first-order chi connectivity index (χ1) is 4.77. The van der Waals surface area contributed by atoms with E-state index in [4.69, 9.17) is 10.2 Å². The van der Waals surface area contributed by atoms with Crippen LogP contribution in [0.1, 0.15) is 6.42 Å². The van der Waals surface area contributed by atoms with Gasteiger partial charge in [-0.2, -0.15) is 0 Å². The molecule has 0 atom stereocenters. The van der Waals surface area contributed by atoms with Gasteiger partial charge in [0.1, 0.15) is 13.0 Å². The van der Waals surface area contributed by atoms with E-state index in [2.05, 4.69) is 23.7 Å². The van der Waals surface area contributed by atoms with Gasteiger partial charge in [0, 0.05) is 0 Å². The molecule has 0 rings (SSSR count). The van der Waals surface area contributed by atoms with Crippen LogP contribution in [0.2, 0.25) is 0 Å². The van der Waals surface area contributed by atoms with Crippen LogP contribution in [-0.2, 0) is 4.79 Å². The molecule has 3 heteroatoms. The van der Waals surface area contributed by atoms with Gasteiger partial charge >= 0.3 is 5.97 Å². The van der Waals surface area contributed by atoms with Crippen LogP contribution < -0.4 is 0 Å². The molecule has 0 amide bonds. The summed E-state index contributed by atoms with van der Waals surface area (Å²) in [7, 11) is 0. The Morgan fingerprint density at radius 3 is 2.40 bits per heavy atom.